The van der Waals surface area contributed by atoms with Gasteiger partial charge in [0.15, 0.2) is 0 Å². The first-order chi connectivity index (χ1) is 13.0. The van der Waals surface area contributed by atoms with Gasteiger partial charge in [-0.25, -0.2) is 8.78 Å². The second-order valence-corrected chi connectivity index (χ2v) is 7.81. The molecule has 0 bridgehead atoms. The Kier molecular flexibility index (Phi) is 8.44. The highest BCUT2D eigenvalue weighted by Gasteiger charge is 2.36. The Morgan fingerprint density at radius 2 is 1.55 bits per heavy atom. The summed E-state index contributed by atoms with van der Waals surface area (Å²) in [7, 11) is 0. The number of benzene rings is 2. The number of fused-ring (bicyclic) bond motifs is 1. The van der Waals surface area contributed by atoms with Crippen molar-refractivity contribution < 1.29 is 13.9 Å². The number of halogens is 4. The number of aliphatic hydroxyl groups is 1. The summed E-state index contributed by atoms with van der Waals surface area (Å²) in [5, 5.41) is 9.60. The molecule has 2 aromatic carbocycles. The van der Waals surface area contributed by atoms with Gasteiger partial charge in [0.05, 0.1) is 6.10 Å². The maximum absolute atomic E-state index is 14.0. The molecule has 0 spiro atoms. The number of β-amino-alcohol motifs (C(OH)–C–C–N with tert-alkyl or cyclic N) is 1. The van der Waals surface area contributed by atoms with Crippen LogP contribution in [0.25, 0.3) is 0 Å². The third kappa shape index (κ3) is 5.28. The lowest BCUT2D eigenvalue weighted by atomic mass is 9.93. The predicted molar refractivity (Wildman–Crippen MR) is 116 cm³/mol. The number of hydrogen-bond donors (Lipinski definition) is 1. The van der Waals surface area contributed by atoms with Crippen molar-refractivity contribution in [3.8, 4) is 0 Å². The van der Waals surface area contributed by atoms with Crippen LogP contribution in [-0.4, -0.2) is 53.7 Å². The Morgan fingerprint density at radius 1 is 0.931 bits per heavy atom. The lowest BCUT2D eigenvalue weighted by Crippen LogP contribution is -2.49. The number of rotatable bonds is 4. The van der Waals surface area contributed by atoms with E-state index in [9.17, 15) is 13.9 Å². The summed E-state index contributed by atoms with van der Waals surface area (Å²) < 4.78 is 27.3. The Morgan fingerprint density at radius 3 is 2.17 bits per heavy atom. The predicted octanol–water partition coefficient (Wildman–Crippen LogP) is 4.38. The Bertz CT molecular complexity index is 796. The van der Waals surface area contributed by atoms with E-state index in [1.165, 1.54) is 18.2 Å². The maximum Gasteiger partial charge on any atom is 0.123 e. The topological polar surface area (TPSA) is 26.7 Å². The summed E-state index contributed by atoms with van der Waals surface area (Å²) in [4.78, 5) is 4.71. The van der Waals surface area contributed by atoms with Crippen LogP contribution in [-0.2, 0) is 0 Å². The third-order valence-corrected chi connectivity index (χ3v) is 5.88. The molecule has 4 rings (SSSR count). The number of hydrogen-bond acceptors (Lipinski definition) is 3. The van der Waals surface area contributed by atoms with Crippen LogP contribution < -0.4 is 0 Å². The largest absolute Gasteiger partial charge is 0.392 e. The zero-order chi connectivity index (χ0) is 19.0. The molecular weight excluding hydrogens is 417 g/mol. The van der Waals surface area contributed by atoms with E-state index in [0.717, 1.165) is 49.3 Å². The molecule has 0 aromatic heterocycles. The molecule has 1 heterocycles. The van der Waals surface area contributed by atoms with E-state index in [4.69, 9.17) is 0 Å². The lowest BCUT2D eigenvalue weighted by molar-refractivity contribution is 0.0614. The SMILES string of the molecule is CC(O)CN1CCN([C@H]2C[C@H](c3ccc(F)cc3)c3ccc(F)cc32)CC1.Cl.Cl. The third-order valence-electron chi connectivity index (χ3n) is 5.88. The van der Waals surface area contributed by atoms with E-state index < -0.39 is 0 Å². The van der Waals surface area contributed by atoms with Crippen molar-refractivity contribution in [2.75, 3.05) is 32.7 Å². The van der Waals surface area contributed by atoms with Gasteiger partial charge in [0.1, 0.15) is 11.6 Å². The first-order valence-electron chi connectivity index (χ1n) is 9.70. The highest BCUT2D eigenvalue weighted by atomic mass is 35.5. The zero-order valence-corrected chi connectivity index (χ0v) is 18.1. The van der Waals surface area contributed by atoms with Gasteiger partial charge < -0.3 is 5.11 Å². The van der Waals surface area contributed by atoms with Gasteiger partial charge in [-0.15, -0.1) is 24.8 Å². The molecule has 1 unspecified atom stereocenters. The molecule has 1 N–H and O–H groups in total. The van der Waals surface area contributed by atoms with E-state index in [0.29, 0.717) is 6.54 Å². The summed E-state index contributed by atoms with van der Waals surface area (Å²) in [6.45, 7) is 6.14. The maximum atomic E-state index is 14.0. The van der Waals surface area contributed by atoms with Crippen LogP contribution in [0, 0.1) is 11.6 Å². The minimum Gasteiger partial charge on any atom is -0.392 e. The summed E-state index contributed by atoms with van der Waals surface area (Å²) in [6, 6.07) is 12.0. The average molecular weight is 445 g/mol. The average Bonchev–Trinajstić information content (AvgIpc) is 3.01. The van der Waals surface area contributed by atoms with Crippen LogP contribution in [0.4, 0.5) is 8.78 Å². The fraction of sp³-hybridized carbons (Fsp3) is 0.455. The molecule has 1 fully saturated rings. The van der Waals surface area contributed by atoms with Crippen LogP contribution in [0.5, 0.6) is 0 Å². The second kappa shape index (κ2) is 10.2. The fourth-order valence-corrected chi connectivity index (χ4v) is 4.62. The molecule has 1 saturated heterocycles. The molecule has 2 aliphatic rings. The zero-order valence-electron chi connectivity index (χ0n) is 16.4. The van der Waals surface area contributed by atoms with E-state index in [2.05, 4.69) is 9.80 Å². The van der Waals surface area contributed by atoms with Gasteiger partial charge in [-0.05, 0) is 54.3 Å². The van der Waals surface area contributed by atoms with E-state index >= 15 is 0 Å². The van der Waals surface area contributed by atoms with Crippen molar-refractivity contribution in [1.29, 1.82) is 0 Å². The van der Waals surface area contributed by atoms with Crippen LogP contribution >= 0.6 is 24.8 Å². The number of piperazine rings is 1. The number of aliphatic hydroxyl groups excluding tert-OH is 1. The Hall–Kier alpha value is -1.24. The van der Waals surface area contributed by atoms with Crippen molar-refractivity contribution in [2.45, 2.75) is 31.4 Å². The van der Waals surface area contributed by atoms with Gasteiger partial charge in [-0.3, -0.25) is 9.80 Å². The molecule has 0 radical (unpaired) electrons. The van der Waals surface area contributed by atoms with Crippen molar-refractivity contribution in [3.05, 3.63) is 70.8 Å². The standard InChI is InChI=1S/C22H26F2N2O.2ClH/c1-15(27)14-25-8-10-26(11-9-25)22-13-20(16-2-4-17(23)5-3-16)19-7-6-18(24)12-21(19)22;;/h2-7,12,15,20,22,27H,8-11,13-14H2,1H3;2*1H/t15?,20-,22+;;/m1../s1. The first kappa shape index (κ1) is 24.0. The molecule has 3 atom stereocenters. The van der Waals surface area contributed by atoms with Gasteiger partial charge in [0, 0.05) is 44.7 Å². The minimum absolute atomic E-state index is 0. The van der Waals surface area contributed by atoms with E-state index in [-0.39, 0.29) is 54.5 Å². The lowest BCUT2D eigenvalue weighted by Gasteiger charge is -2.38. The molecule has 160 valence electrons. The first-order valence-corrected chi connectivity index (χ1v) is 9.70. The molecular formula is C22H28Cl2F2N2O. The Labute approximate surface area is 183 Å². The molecule has 0 amide bonds. The number of nitrogens with zero attached hydrogens (tertiary/aromatic N) is 2. The van der Waals surface area contributed by atoms with Gasteiger partial charge in [0.2, 0.25) is 0 Å². The molecule has 1 aliphatic carbocycles. The smallest absolute Gasteiger partial charge is 0.123 e. The van der Waals surface area contributed by atoms with Gasteiger partial charge in [0.25, 0.3) is 0 Å². The van der Waals surface area contributed by atoms with Crippen LogP contribution in [0.15, 0.2) is 42.5 Å². The normalized spacial score (nSPS) is 23.0. The molecule has 7 heteroatoms. The molecule has 0 saturated carbocycles. The van der Waals surface area contributed by atoms with Crippen molar-refractivity contribution >= 4 is 24.8 Å². The highest BCUT2D eigenvalue weighted by Crippen LogP contribution is 2.47. The van der Waals surface area contributed by atoms with Crippen LogP contribution in [0.1, 0.15) is 42.0 Å². The minimum atomic E-state index is -0.319. The summed E-state index contributed by atoms with van der Waals surface area (Å²) >= 11 is 0. The molecule has 1 aliphatic heterocycles. The quantitative estimate of drug-likeness (QED) is 0.757. The highest BCUT2D eigenvalue weighted by molar-refractivity contribution is 5.85. The molecule has 3 nitrogen and oxygen atoms in total. The monoisotopic (exact) mass is 444 g/mol. The summed E-state index contributed by atoms with van der Waals surface area (Å²) in [6.07, 6.45) is 0.571. The summed E-state index contributed by atoms with van der Waals surface area (Å²) in [5.74, 6) is -0.269. The van der Waals surface area contributed by atoms with E-state index in [1.807, 2.05) is 25.1 Å². The van der Waals surface area contributed by atoms with Gasteiger partial charge in [-0.2, -0.15) is 0 Å². The van der Waals surface area contributed by atoms with Crippen molar-refractivity contribution in [2.24, 2.45) is 0 Å². The molecule has 2 aromatic rings. The van der Waals surface area contributed by atoms with Gasteiger partial charge >= 0.3 is 0 Å². The second-order valence-electron chi connectivity index (χ2n) is 7.81. The van der Waals surface area contributed by atoms with Crippen LogP contribution in [0.2, 0.25) is 0 Å². The Balaban J connectivity index is 0.00000150. The van der Waals surface area contributed by atoms with Crippen molar-refractivity contribution in [3.63, 3.8) is 0 Å². The molecule has 29 heavy (non-hydrogen) atoms. The van der Waals surface area contributed by atoms with E-state index in [1.54, 1.807) is 6.07 Å². The van der Waals surface area contributed by atoms with Crippen LogP contribution in [0.3, 0.4) is 0 Å². The van der Waals surface area contributed by atoms with Crippen molar-refractivity contribution in [1.82, 2.24) is 9.80 Å². The fourth-order valence-electron chi connectivity index (χ4n) is 4.62. The summed E-state index contributed by atoms with van der Waals surface area (Å²) in [5.41, 5.74) is 3.30. The van der Waals surface area contributed by atoms with Gasteiger partial charge in [-0.1, -0.05) is 18.2 Å².